The van der Waals surface area contributed by atoms with Crippen molar-refractivity contribution < 1.29 is 4.79 Å². The van der Waals surface area contributed by atoms with Crippen molar-refractivity contribution in [3.63, 3.8) is 0 Å². The van der Waals surface area contributed by atoms with Crippen molar-refractivity contribution in [2.24, 2.45) is 0 Å². The van der Waals surface area contributed by atoms with E-state index in [4.69, 9.17) is 11.6 Å². The van der Waals surface area contributed by atoms with Gasteiger partial charge < -0.3 is 10.2 Å². The molecule has 114 valence electrons. The van der Waals surface area contributed by atoms with Crippen molar-refractivity contribution in [1.29, 1.82) is 0 Å². The number of carbonyl (C=O) groups excluding carboxylic acids is 1. The number of thioether (sulfide) groups is 1. The van der Waals surface area contributed by atoms with Crippen LogP contribution in [0.3, 0.4) is 0 Å². The van der Waals surface area contributed by atoms with Gasteiger partial charge in [-0.2, -0.15) is 11.8 Å². The quantitative estimate of drug-likeness (QED) is 0.924. The zero-order valence-corrected chi connectivity index (χ0v) is 13.4. The van der Waals surface area contributed by atoms with Crippen molar-refractivity contribution in [3.8, 4) is 0 Å². The van der Waals surface area contributed by atoms with Crippen molar-refractivity contribution in [2.75, 3.05) is 29.5 Å². The number of amides is 1. The van der Waals surface area contributed by atoms with Gasteiger partial charge in [0.1, 0.15) is 0 Å². The summed E-state index contributed by atoms with van der Waals surface area (Å²) in [6.07, 6.45) is 5.85. The second kappa shape index (κ2) is 6.83. The van der Waals surface area contributed by atoms with Gasteiger partial charge in [-0.05, 0) is 37.2 Å². The molecule has 0 radical (unpaired) electrons. The summed E-state index contributed by atoms with van der Waals surface area (Å²) < 4.78 is 0. The molecule has 0 aromatic carbocycles. The van der Waals surface area contributed by atoms with Crippen molar-refractivity contribution >= 4 is 35.2 Å². The maximum absolute atomic E-state index is 12.4. The Kier molecular flexibility index (Phi) is 4.85. The summed E-state index contributed by atoms with van der Waals surface area (Å²) in [4.78, 5) is 23.1. The third kappa shape index (κ3) is 3.61. The van der Waals surface area contributed by atoms with Crippen LogP contribution in [0.2, 0.25) is 5.02 Å². The molecule has 1 aromatic rings. The van der Waals surface area contributed by atoms with E-state index in [-0.39, 0.29) is 11.9 Å². The first-order valence-electron chi connectivity index (χ1n) is 7.40. The fraction of sp³-hybridized carbons (Fsp3) is 0.643. The molecule has 7 heteroatoms. The molecule has 5 nitrogen and oxygen atoms in total. The van der Waals surface area contributed by atoms with Crippen LogP contribution in [0.1, 0.15) is 36.2 Å². The number of hydrogen-bond acceptors (Lipinski definition) is 5. The standard InChI is InChI=1S/C14H19ClN4OS/c15-11-9-16-14(19-5-1-2-6-19)18-12(11)13(20)17-10-3-7-21-8-4-10/h9-10H,1-8H2,(H,17,20). The second-order valence-electron chi connectivity index (χ2n) is 5.42. The molecule has 21 heavy (non-hydrogen) atoms. The lowest BCUT2D eigenvalue weighted by Crippen LogP contribution is -2.38. The molecule has 2 saturated heterocycles. The zero-order valence-electron chi connectivity index (χ0n) is 11.8. The van der Waals surface area contributed by atoms with Crippen LogP contribution in [0.4, 0.5) is 5.95 Å². The van der Waals surface area contributed by atoms with E-state index < -0.39 is 0 Å². The fourth-order valence-corrected chi connectivity index (χ4v) is 3.97. The highest BCUT2D eigenvalue weighted by Gasteiger charge is 2.22. The van der Waals surface area contributed by atoms with Crippen molar-refractivity contribution in [1.82, 2.24) is 15.3 Å². The van der Waals surface area contributed by atoms with Crippen LogP contribution >= 0.6 is 23.4 Å². The number of hydrogen-bond donors (Lipinski definition) is 1. The Balaban J connectivity index is 1.73. The van der Waals surface area contributed by atoms with Crippen LogP contribution in [0.25, 0.3) is 0 Å². The molecule has 0 aliphatic carbocycles. The van der Waals surface area contributed by atoms with Gasteiger partial charge in [-0.25, -0.2) is 9.97 Å². The summed E-state index contributed by atoms with van der Waals surface area (Å²) in [6.45, 7) is 1.89. The Hall–Kier alpha value is -1.01. The summed E-state index contributed by atoms with van der Waals surface area (Å²) in [5, 5.41) is 3.37. The highest BCUT2D eigenvalue weighted by atomic mass is 35.5. The first kappa shape index (κ1) is 14.9. The van der Waals surface area contributed by atoms with Gasteiger partial charge in [0.15, 0.2) is 5.69 Å². The summed E-state index contributed by atoms with van der Waals surface area (Å²) in [7, 11) is 0. The lowest BCUT2D eigenvalue weighted by atomic mass is 10.1. The maximum atomic E-state index is 12.4. The van der Waals surface area contributed by atoms with Gasteiger partial charge in [-0.3, -0.25) is 4.79 Å². The third-order valence-corrected chi connectivity index (χ3v) is 5.22. The molecular weight excluding hydrogens is 308 g/mol. The Bertz CT molecular complexity index is 516. The van der Waals surface area contributed by atoms with Crippen LogP contribution < -0.4 is 10.2 Å². The van der Waals surface area contributed by atoms with E-state index in [0.29, 0.717) is 16.7 Å². The SMILES string of the molecule is O=C(NC1CCSCC1)c1nc(N2CCCC2)ncc1Cl. The van der Waals surface area contributed by atoms with Gasteiger partial charge >= 0.3 is 0 Å². The number of anilines is 1. The van der Waals surface area contributed by atoms with Gasteiger partial charge in [0, 0.05) is 19.1 Å². The van der Waals surface area contributed by atoms with Crippen LogP contribution in [0.5, 0.6) is 0 Å². The second-order valence-corrected chi connectivity index (χ2v) is 7.05. The molecule has 1 N–H and O–H groups in total. The highest BCUT2D eigenvalue weighted by Crippen LogP contribution is 2.21. The van der Waals surface area contributed by atoms with E-state index >= 15 is 0 Å². The molecule has 0 unspecified atom stereocenters. The first-order valence-corrected chi connectivity index (χ1v) is 8.93. The Morgan fingerprint density at radius 2 is 2.05 bits per heavy atom. The molecule has 0 saturated carbocycles. The van der Waals surface area contributed by atoms with Crippen molar-refractivity contribution in [2.45, 2.75) is 31.7 Å². The van der Waals surface area contributed by atoms with Gasteiger partial charge in [0.2, 0.25) is 5.95 Å². The summed E-state index contributed by atoms with van der Waals surface area (Å²) >= 11 is 8.04. The Labute approximate surface area is 133 Å². The number of nitrogens with one attached hydrogen (secondary N) is 1. The monoisotopic (exact) mass is 326 g/mol. The molecule has 1 amide bonds. The summed E-state index contributed by atoms with van der Waals surface area (Å²) in [5.41, 5.74) is 0.298. The minimum absolute atomic E-state index is 0.181. The maximum Gasteiger partial charge on any atom is 0.271 e. The molecule has 0 atom stereocenters. The molecule has 0 spiro atoms. The van der Waals surface area contributed by atoms with E-state index in [1.165, 1.54) is 6.20 Å². The predicted octanol–water partition coefficient (Wildman–Crippen LogP) is 2.36. The topological polar surface area (TPSA) is 58.1 Å². The molecule has 2 fully saturated rings. The molecule has 2 aliphatic rings. The predicted molar refractivity (Wildman–Crippen MR) is 86.3 cm³/mol. The lowest BCUT2D eigenvalue weighted by molar-refractivity contribution is 0.0930. The number of carbonyl (C=O) groups is 1. The minimum Gasteiger partial charge on any atom is -0.348 e. The van der Waals surface area contributed by atoms with Gasteiger partial charge in [-0.15, -0.1) is 0 Å². The molecule has 1 aromatic heterocycles. The van der Waals surface area contributed by atoms with Gasteiger partial charge in [0.25, 0.3) is 5.91 Å². The van der Waals surface area contributed by atoms with Crippen LogP contribution in [0, 0.1) is 0 Å². The average Bonchev–Trinajstić information content (AvgIpc) is 3.03. The number of halogens is 1. The number of aromatic nitrogens is 2. The largest absolute Gasteiger partial charge is 0.348 e. The summed E-state index contributed by atoms with van der Waals surface area (Å²) in [5.74, 6) is 2.63. The number of nitrogens with zero attached hydrogens (tertiary/aromatic N) is 3. The Morgan fingerprint density at radius 3 is 2.76 bits per heavy atom. The van der Waals surface area contributed by atoms with Gasteiger partial charge in [-0.1, -0.05) is 11.6 Å². The third-order valence-electron chi connectivity index (χ3n) is 3.89. The normalized spacial score (nSPS) is 19.8. The molecule has 3 heterocycles. The Morgan fingerprint density at radius 1 is 1.33 bits per heavy atom. The van der Waals surface area contributed by atoms with E-state index in [1.807, 2.05) is 11.8 Å². The summed E-state index contributed by atoms with van der Waals surface area (Å²) in [6, 6.07) is 0.236. The lowest BCUT2D eigenvalue weighted by Gasteiger charge is -2.22. The highest BCUT2D eigenvalue weighted by molar-refractivity contribution is 7.99. The average molecular weight is 327 g/mol. The number of rotatable bonds is 3. The molecule has 2 aliphatic heterocycles. The minimum atomic E-state index is -0.181. The first-order chi connectivity index (χ1) is 10.2. The zero-order chi connectivity index (χ0) is 14.7. The fourth-order valence-electron chi connectivity index (χ4n) is 2.68. The molecule has 0 bridgehead atoms. The van der Waals surface area contributed by atoms with Crippen LogP contribution in [-0.2, 0) is 0 Å². The van der Waals surface area contributed by atoms with E-state index in [2.05, 4.69) is 20.2 Å². The van der Waals surface area contributed by atoms with Gasteiger partial charge in [0.05, 0.1) is 11.2 Å². The van der Waals surface area contributed by atoms with E-state index in [1.54, 1.807) is 0 Å². The van der Waals surface area contributed by atoms with Crippen LogP contribution in [-0.4, -0.2) is 46.5 Å². The molecular formula is C14H19ClN4OS. The van der Waals surface area contributed by atoms with E-state index in [9.17, 15) is 4.79 Å². The molecule has 3 rings (SSSR count). The smallest absolute Gasteiger partial charge is 0.271 e. The van der Waals surface area contributed by atoms with Crippen LogP contribution in [0.15, 0.2) is 6.20 Å². The van der Waals surface area contributed by atoms with E-state index in [0.717, 1.165) is 50.3 Å². The van der Waals surface area contributed by atoms with Crippen molar-refractivity contribution in [3.05, 3.63) is 16.9 Å².